The molecular weight excluding hydrogens is 400 g/mol. The molecule has 0 spiro atoms. The number of carbonyl (C=O) groups excluding carboxylic acids is 1. The molecule has 0 saturated carbocycles. The van der Waals surface area contributed by atoms with Crippen molar-refractivity contribution in [3.63, 3.8) is 0 Å². The van der Waals surface area contributed by atoms with Crippen LogP contribution in [0, 0.1) is 6.92 Å². The largest absolute Gasteiger partial charge is 0.458 e. The highest BCUT2D eigenvalue weighted by Crippen LogP contribution is 2.26. The zero-order chi connectivity index (χ0) is 21.1. The molecule has 30 heavy (non-hydrogen) atoms. The number of hydrogen-bond donors (Lipinski definition) is 1. The van der Waals surface area contributed by atoms with Crippen LogP contribution in [-0.2, 0) is 4.79 Å². The summed E-state index contributed by atoms with van der Waals surface area (Å²) in [5, 5.41) is 5.59. The minimum atomic E-state index is -0.0614. The van der Waals surface area contributed by atoms with E-state index < -0.39 is 0 Å². The van der Waals surface area contributed by atoms with E-state index in [4.69, 9.17) is 4.42 Å². The van der Waals surface area contributed by atoms with Gasteiger partial charge in [0.15, 0.2) is 11.6 Å². The standard InChI is InChI=1S/C21H26N6O2S/c1-14-4-5-17(29-14)20-23-16(21-22-8-11-30-21)12-18(25-20)24-19(28)7-10-27-9-6-15(13-27)26(2)3/h4-5,8,11-12,15H,6-7,9-10,13H2,1-3H3,(H,23,24,25,28). The predicted molar refractivity (Wildman–Crippen MR) is 117 cm³/mol. The monoisotopic (exact) mass is 426 g/mol. The maximum absolute atomic E-state index is 12.6. The van der Waals surface area contributed by atoms with Crippen LogP contribution in [0.2, 0.25) is 0 Å². The Hall–Kier alpha value is -2.62. The Bertz CT molecular complexity index is 1000. The van der Waals surface area contributed by atoms with E-state index in [1.54, 1.807) is 12.3 Å². The van der Waals surface area contributed by atoms with Crippen molar-refractivity contribution in [3.8, 4) is 22.3 Å². The van der Waals surface area contributed by atoms with Crippen molar-refractivity contribution in [2.45, 2.75) is 25.8 Å². The van der Waals surface area contributed by atoms with Crippen molar-refractivity contribution in [2.75, 3.05) is 39.0 Å². The van der Waals surface area contributed by atoms with Crippen molar-refractivity contribution in [1.29, 1.82) is 0 Å². The highest BCUT2D eigenvalue weighted by Gasteiger charge is 2.24. The highest BCUT2D eigenvalue weighted by atomic mass is 32.1. The smallest absolute Gasteiger partial charge is 0.226 e. The van der Waals surface area contributed by atoms with Crippen LogP contribution in [0.3, 0.4) is 0 Å². The van der Waals surface area contributed by atoms with Crippen LogP contribution in [0.4, 0.5) is 5.82 Å². The first-order valence-electron chi connectivity index (χ1n) is 10.0. The number of carbonyl (C=O) groups is 1. The number of thiazole rings is 1. The van der Waals surface area contributed by atoms with E-state index in [1.165, 1.54) is 11.3 Å². The van der Waals surface area contributed by atoms with E-state index in [0.29, 0.717) is 35.6 Å². The molecular formula is C21H26N6O2S. The molecule has 1 N–H and O–H groups in total. The van der Waals surface area contributed by atoms with Gasteiger partial charge in [0, 0.05) is 43.2 Å². The summed E-state index contributed by atoms with van der Waals surface area (Å²) < 4.78 is 5.68. The van der Waals surface area contributed by atoms with Gasteiger partial charge in [-0.2, -0.15) is 0 Å². The SMILES string of the molecule is Cc1ccc(-c2nc(NC(=O)CCN3CCC(N(C)C)C3)cc(-c3nccs3)n2)o1. The summed E-state index contributed by atoms with van der Waals surface area (Å²) >= 11 is 1.49. The quantitative estimate of drug-likeness (QED) is 0.621. The third-order valence-corrected chi connectivity index (χ3v) is 6.03. The number of likely N-dealkylation sites (tertiary alicyclic amines) is 1. The highest BCUT2D eigenvalue weighted by molar-refractivity contribution is 7.13. The summed E-state index contributed by atoms with van der Waals surface area (Å²) in [7, 11) is 4.21. The number of aromatic nitrogens is 3. The Balaban J connectivity index is 1.46. The third-order valence-electron chi connectivity index (χ3n) is 5.24. The minimum absolute atomic E-state index is 0.0614. The Labute approximate surface area is 180 Å². The van der Waals surface area contributed by atoms with Crippen molar-refractivity contribution in [2.24, 2.45) is 0 Å². The molecule has 4 rings (SSSR count). The van der Waals surface area contributed by atoms with Crippen LogP contribution in [0.1, 0.15) is 18.6 Å². The van der Waals surface area contributed by atoms with Gasteiger partial charge in [0.1, 0.15) is 22.3 Å². The van der Waals surface area contributed by atoms with Crippen LogP contribution in [-0.4, -0.2) is 70.4 Å². The first-order chi connectivity index (χ1) is 14.5. The van der Waals surface area contributed by atoms with Crippen LogP contribution < -0.4 is 5.32 Å². The molecule has 158 valence electrons. The maximum atomic E-state index is 12.6. The van der Waals surface area contributed by atoms with E-state index in [2.05, 4.69) is 44.2 Å². The molecule has 9 heteroatoms. The number of aryl methyl sites for hydroxylation is 1. The van der Waals surface area contributed by atoms with E-state index in [-0.39, 0.29) is 5.91 Å². The molecule has 3 aromatic heterocycles. The Kier molecular flexibility index (Phi) is 6.21. The zero-order valence-corrected chi connectivity index (χ0v) is 18.3. The molecule has 1 fully saturated rings. The average Bonchev–Trinajstić information content (AvgIpc) is 3.47. The lowest BCUT2D eigenvalue weighted by Crippen LogP contribution is -2.32. The summed E-state index contributed by atoms with van der Waals surface area (Å²) in [4.78, 5) is 30.6. The predicted octanol–water partition coefficient (Wildman–Crippen LogP) is 3.13. The molecule has 0 radical (unpaired) electrons. The molecule has 3 aromatic rings. The normalized spacial score (nSPS) is 17.0. The lowest BCUT2D eigenvalue weighted by Gasteiger charge is -2.20. The van der Waals surface area contributed by atoms with Gasteiger partial charge in [0.25, 0.3) is 0 Å². The summed E-state index contributed by atoms with van der Waals surface area (Å²) in [6.07, 6.45) is 3.30. The second-order valence-corrected chi connectivity index (χ2v) is 8.61. The van der Waals surface area contributed by atoms with Crippen LogP contribution in [0.15, 0.2) is 34.2 Å². The molecule has 1 atom stereocenters. The average molecular weight is 427 g/mol. The van der Waals surface area contributed by atoms with Gasteiger partial charge in [0.2, 0.25) is 5.91 Å². The first kappa shape index (κ1) is 20.6. The fraction of sp³-hybridized carbons (Fsp3) is 0.429. The summed E-state index contributed by atoms with van der Waals surface area (Å²) in [5.74, 6) is 2.17. The number of nitrogens with one attached hydrogen (secondary N) is 1. The Morgan fingerprint density at radius 2 is 2.23 bits per heavy atom. The molecule has 0 aromatic carbocycles. The number of furan rings is 1. The summed E-state index contributed by atoms with van der Waals surface area (Å²) in [6.45, 7) is 4.64. The topological polar surface area (TPSA) is 87.4 Å². The number of nitrogens with zero attached hydrogens (tertiary/aromatic N) is 5. The van der Waals surface area contributed by atoms with Gasteiger partial charge in [0.05, 0.1) is 0 Å². The summed E-state index contributed by atoms with van der Waals surface area (Å²) in [6, 6.07) is 6.02. The molecule has 1 unspecified atom stereocenters. The molecule has 8 nitrogen and oxygen atoms in total. The van der Waals surface area contributed by atoms with E-state index >= 15 is 0 Å². The zero-order valence-electron chi connectivity index (χ0n) is 17.5. The first-order valence-corrected chi connectivity index (χ1v) is 10.9. The van der Waals surface area contributed by atoms with Crippen molar-refractivity contribution in [3.05, 3.63) is 35.5 Å². The van der Waals surface area contributed by atoms with Gasteiger partial charge in [-0.15, -0.1) is 11.3 Å². The lowest BCUT2D eigenvalue weighted by atomic mass is 10.2. The second-order valence-electron chi connectivity index (χ2n) is 7.71. The maximum Gasteiger partial charge on any atom is 0.226 e. The Morgan fingerprint density at radius 3 is 2.90 bits per heavy atom. The molecule has 4 heterocycles. The van der Waals surface area contributed by atoms with Gasteiger partial charge in [-0.1, -0.05) is 0 Å². The van der Waals surface area contributed by atoms with Gasteiger partial charge in [-0.05, 0) is 46.1 Å². The van der Waals surface area contributed by atoms with E-state index in [9.17, 15) is 4.79 Å². The van der Waals surface area contributed by atoms with Gasteiger partial charge >= 0.3 is 0 Å². The molecule has 1 amide bonds. The second kappa shape index (κ2) is 9.03. The fourth-order valence-electron chi connectivity index (χ4n) is 3.54. The number of rotatable bonds is 7. The minimum Gasteiger partial charge on any atom is -0.458 e. The number of hydrogen-bond acceptors (Lipinski definition) is 8. The van der Waals surface area contributed by atoms with E-state index in [1.807, 2.05) is 24.4 Å². The van der Waals surface area contributed by atoms with Gasteiger partial charge in [-0.25, -0.2) is 15.0 Å². The molecule has 1 aliphatic heterocycles. The van der Waals surface area contributed by atoms with Crippen molar-refractivity contribution < 1.29 is 9.21 Å². The van der Waals surface area contributed by atoms with Gasteiger partial charge in [-0.3, -0.25) is 4.79 Å². The third kappa shape index (κ3) is 4.92. The van der Waals surface area contributed by atoms with Crippen molar-refractivity contribution in [1.82, 2.24) is 24.8 Å². The van der Waals surface area contributed by atoms with Crippen LogP contribution in [0.5, 0.6) is 0 Å². The molecule has 1 saturated heterocycles. The van der Waals surface area contributed by atoms with Crippen LogP contribution in [0.25, 0.3) is 22.3 Å². The number of amides is 1. The number of anilines is 1. The number of likely N-dealkylation sites (N-methyl/N-ethyl adjacent to an activating group) is 1. The molecule has 0 bridgehead atoms. The molecule has 0 aliphatic carbocycles. The van der Waals surface area contributed by atoms with Crippen LogP contribution >= 0.6 is 11.3 Å². The van der Waals surface area contributed by atoms with Crippen molar-refractivity contribution >= 4 is 23.1 Å². The summed E-state index contributed by atoms with van der Waals surface area (Å²) in [5.41, 5.74) is 0.660. The van der Waals surface area contributed by atoms with Gasteiger partial charge < -0.3 is 19.5 Å². The van der Waals surface area contributed by atoms with E-state index in [0.717, 1.165) is 36.8 Å². The molecule has 1 aliphatic rings. The lowest BCUT2D eigenvalue weighted by molar-refractivity contribution is -0.116. The fourth-order valence-corrected chi connectivity index (χ4v) is 4.14. The Morgan fingerprint density at radius 1 is 1.37 bits per heavy atom.